The maximum atomic E-state index is 11.8. The Morgan fingerprint density at radius 1 is 1.56 bits per heavy atom. The number of alkyl halides is 3. The van der Waals surface area contributed by atoms with E-state index in [1.807, 2.05) is 0 Å². The second-order valence-electron chi connectivity index (χ2n) is 2.97. The van der Waals surface area contributed by atoms with Crippen LogP contribution in [0.25, 0.3) is 0 Å². The minimum atomic E-state index is -4.50. The van der Waals surface area contributed by atoms with E-state index in [9.17, 15) is 23.3 Å². The van der Waals surface area contributed by atoms with Crippen LogP contribution in [0.4, 0.5) is 18.9 Å². The van der Waals surface area contributed by atoms with Crippen LogP contribution < -0.4 is 4.74 Å². The number of aromatic nitrogens is 1. The van der Waals surface area contributed by atoms with E-state index in [1.54, 1.807) is 0 Å². The zero-order chi connectivity index (χ0) is 12.3. The topological polar surface area (TPSA) is 65.3 Å². The van der Waals surface area contributed by atoms with Crippen molar-refractivity contribution in [2.75, 3.05) is 6.61 Å². The Hall–Kier alpha value is -1.86. The second-order valence-corrected chi connectivity index (χ2v) is 2.97. The fraction of sp³-hybridized carbons (Fsp3) is 0.375. The minimum absolute atomic E-state index is 0.254. The smallest absolute Gasteiger partial charge is 0.422 e. The van der Waals surface area contributed by atoms with Crippen molar-refractivity contribution in [1.29, 1.82) is 0 Å². The summed E-state index contributed by atoms with van der Waals surface area (Å²) in [6, 6.07) is 0.862. The van der Waals surface area contributed by atoms with Crippen LogP contribution in [-0.4, -0.2) is 22.7 Å². The monoisotopic (exact) mass is 236 g/mol. The van der Waals surface area contributed by atoms with Gasteiger partial charge in [-0.2, -0.15) is 13.2 Å². The molecule has 0 N–H and O–H groups in total. The molecular weight excluding hydrogens is 229 g/mol. The van der Waals surface area contributed by atoms with Crippen molar-refractivity contribution in [2.45, 2.75) is 13.1 Å². The molecule has 0 atom stereocenters. The number of nitro groups is 1. The first-order valence-corrected chi connectivity index (χ1v) is 4.10. The van der Waals surface area contributed by atoms with Gasteiger partial charge in [0, 0.05) is 11.8 Å². The number of rotatable bonds is 3. The fourth-order valence-electron chi connectivity index (χ4n) is 0.926. The Morgan fingerprint density at radius 3 is 2.69 bits per heavy atom. The van der Waals surface area contributed by atoms with E-state index < -0.39 is 23.6 Å². The molecule has 0 radical (unpaired) electrons. The van der Waals surface area contributed by atoms with Crippen molar-refractivity contribution in [3.05, 3.63) is 27.9 Å². The zero-order valence-electron chi connectivity index (χ0n) is 8.11. The van der Waals surface area contributed by atoms with Crippen molar-refractivity contribution < 1.29 is 22.8 Å². The number of aryl methyl sites for hydroxylation is 1. The highest BCUT2D eigenvalue weighted by molar-refractivity contribution is 5.40. The third kappa shape index (κ3) is 3.37. The molecule has 0 saturated heterocycles. The average Bonchev–Trinajstić information content (AvgIpc) is 2.14. The summed E-state index contributed by atoms with van der Waals surface area (Å²) in [5.41, 5.74) is -0.0727. The lowest BCUT2D eigenvalue weighted by Gasteiger charge is -2.08. The predicted molar refractivity (Wildman–Crippen MR) is 47.2 cm³/mol. The van der Waals surface area contributed by atoms with Gasteiger partial charge in [-0.15, -0.1) is 0 Å². The molecule has 1 rings (SSSR count). The summed E-state index contributed by atoms with van der Waals surface area (Å²) in [4.78, 5) is 13.3. The van der Waals surface area contributed by atoms with Crippen LogP contribution in [0.5, 0.6) is 5.88 Å². The van der Waals surface area contributed by atoms with Crippen LogP contribution >= 0.6 is 0 Å². The van der Waals surface area contributed by atoms with Gasteiger partial charge in [-0.05, 0) is 6.92 Å². The van der Waals surface area contributed by atoms with E-state index in [-0.39, 0.29) is 11.3 Å². The van der Waals surface area contributed by atoms with E-state index in [0.29, 0.717) is 0 Å². The van der Waals surface area contributed by atoms with Crippen LogP contribution in [0, 0.1) is 17.0 Å². The standard InChI is InChI=1S/C8H7F3N2O3/c1-5-3-12-7(2-6(5)13(14)15)16-4-8(9,10)11/h2-3H,4H2,1H3. The Kier molecular flexibility index (Phi) is 3.31. The van der Waals surface area contributed by atoms with E-state index in [2.05, 4.69) is 9.72 Å². The molecule has 0 aliphatic heterocycles. The highest BCUT2D eigenvalue weighted by atomic mass is 19.4. The lowest BCUT2D eigenvalue weighted by atomic mass is 10.3. The van der Waals surface area contributed by atoms with E-state index >= 15 is 0 Å². The molecule has 16 heavy (non-hydrogen) atoms. The summed E-state index contributed by atoms with van der Waals surface area (Å²) >= 11 is 0. The molecule has 0 bridgehead atoms. The van der Waals surface area contributed by atoms with E-state index in [0.717, 1.165) is 12.3 Å². The molecule has 0 unspecified atom stereocenters. The summed E-state index contributed by atoms with van der Waals surface area (Å²) in [6.07, 6.45) is -3.41. The summed E-state index contributed by atoms with van der Waals surface area (Å²) in [5, 5.41) is 10.5. The normalized spacial score (nSPS) is 11.2. The number of halogens is 3. The maximum absolute atomic E-state index is 11.8. The van der Waals surface area contributed by atoms with Gasteiger partial charge in [0.1, 0.15) is 0 Å². The van der Waals surface area contributed by atoms with Gasteiger partial charge in [-0.25, -0.2) is 4.98 Å². The number of nitrogens with zero attached hydrogens (tertiary/aromatic N) is 2. The lowest BCUT2D eigenvalue weighted by molar-refractivity contribution is -0.385. The summed E-state index contributed by atoms with van der Waals surface area (Å²) < 4.78 is 39.7. The van der Waals surface area contributed by atoms with Crippen molar-refractivity contribution in [1.82, 2.24) is 4.98 Å². The number of hydrogen-bond acceptors (Lipinski definition) is 4. The average molecular weight is 236 g/mol. The number of hydrogen-bond donors (Lipinski definition) is 0. The van der Waals surface area contributed by atoms with Crippen LogP contribution in [0.15, 0.2) is 12.3 Å². The van der Waals surface area contributed by atoms with Gasteiger partial charge < -0.3 is 4.74 Å². The van der Waals surface area contributed by atoms with Crippen molar-refractivity contribution in [3.63, 3.8) is 0 Å². The van der Waals surface area contributed by atoms with Crippen molar-refractivity contribution >= 4 is 5.69 Å². The third-order valence-corrected chi connectivity index (χ3v) is 1.63. The molecule has 1 aromatic heterocycles. The van der Waals surface area contributed by atoms with Gasteiger partial charge in [0.25, 0.3) is 5.69 Å². The lowest BCUT2D eigenvalue weighted by Crippen LogP contribution is -2.19. The first-order valence-electron chi connectivity index (χ1n) is 4.10. The molecule has 0 fully saturated rings. The predicted octanol–water partition coefficient (Wildman–Crippen LogP) is 2.24. The summed E-state index contributed by atoms with van der Waals surface area (Å²) in [6.45, 7) is -0.0983. The fourth-order valence-corrected chi connectivity index (χ4v) is 0.926. The van der Waals surface area contributed by atoms with Gasteiger partial charge in [-0.1, -0.05) is 0 Å². The summed E-state index contributed by atoms with van der Waals surface area (Å²) in [5.74, 6) is -0.422. The van der Waals surface area contributed by atoms with Crippen LogP contribution in [0.2, 0.25) is 0 Å². The Morgan fingerprint density at radius 2 is 2.19 bits per heavy atom. The van der Waals surface area contributed by atoms with Gasteiger partial charge in [0.15, 0.2) is 6.61 Å². The van der Waals surface area contributed by atoms with Gasteiger partial charge in [0.05, 0.1) is 11.0 Å². The Labute approximate surface area is 88.0 Å². The summed E-state index contributed by atoms with van der Waals surface area (Å²) in [7, 11) is 0. The van der Waals surface area contributed by atoms with Crippen LogP contribution in [0.3, 0.4) is 0 Å². The molecule has 1 heterocycles. The highest BCUT2D eigenvalue weighted by Crippen LogP contribution is 2.23. The van der Waals surface area contributed by atoms with Crippen LogP contribution in [0.1, 0.15) is 5.56 Å². The largest absolute Gasteiger partial charge is 0.468 e. The Balaban J connectivity index is 2.83. The van der Waals surface area contributed by atoms with E-state index in [4.69, 9.17) is 0 Å². The molecule has 0 aliphatic rings. The number of pyridine rings is 1. The first kappa shape index (κ1) is 12.2. The molecule has 0 amide bonds. The van der Waals surface area contributed by atoms with Crippen LogP contribution in [-0.2, 0) is 0 Å². The highest BCUT2D eigenvalue weighted by Gasteiger charge is 2.29. The molecule has 8 heteroatoms. The second kappa shape index (κ2) is 4.33. The maximum Gasteiger partial charge on any atom is 0.422 e. The molecule has 1 aromatic rings. The quantitative estimate of drug-likeness (QED) is 0.596. The Bertz CT molecular complexity index is 406. The molecule has 88 valence electrons. The van der Waals surface area contributed by atoms with Gasteiger partial charge in [0.2, 0.25) is 5.88 Å². The SMILES string of the molecule is Cc1cnc(OCC(F)(F)F)cc1[N+](=O)[O-]. The first-order chi connectivity index (χ1) is 7.29. The zero-order valence-corrected chi connectivity index (χ0v) is 8.11. The minimum Gasteiger partial charge on any atom is -0.468 e. The third-order valence-electron chi connectivity index (χ3n) is 1.63. The molecule has 0 aliphatic carbocycles. The van der Waals surface area contributed by atoms with Crippen molar-refractivity contribution in [3.8, 4) is 5.88 Å². The molecule has 0 saturated carbocycles. The van der Waals surface area contributed by atoms with Gasteiger partial charge >= 0.3 is 6.18 Å². The number of ether oxygens (including phenoxy) is 1. The molecular formula is C8H7F3N2O3. The molecule has 5 nitrogen and oxygen atoms in total. The molecule has 0 aromatic carbocycles. The van der Waals surface area contributed by atoms with E-state index in [1.165, 1.54) is 6.92 Å². The van der Waals surface area contributed by atoms with Gasteiger partial charge in [-0.3, -0.25) is 10.1 Å². The van der Waals surface area contributed by atoms with Crippen molar-refractivity contribution in [2.24, 2.45) is 0 Å². The molecule has 0 spiro atoms.